The number of aliphatic hydroxyl groups excluding tert-OH is 5. The smallest absolute Gasteiger partial charge is 0.462 e. The topological polar surface area (TPSA) is 210 Å². The maximum atomic E-state index is 12.8. The van der Waals surface area contributed by atoms with Gasteiger partial charge in [0, 0.05) is 22.4 Å². The van der Waals surface area contributed by atoms with Crippen molar-refractivity contribution >= 4 is 19.8 Å². The van der Waals surface area contributed by atoms with Gasteiger partial charge in [-0.2, -0.15) is 0 Å². The van der Waals surface area contributed by atoms with Crippen LogP contribution in [0.15, 0.2) is 12.2 Å². The predicted molar refractivity (Wildman–Crippen MR) is 217 cm³/mol. The van der Waals surface area contributed by atoms with Gasteiger partial charge in [0.2, 0.25) is 0 Å². The zero-order valence-electron chi connectivity index (χ0n) is 40.8. The van der Waals surface area contributed by atoms with Crippen molar-refractivity contribution < 1.29 is 72.7 Å². The van der Waals surface area contributed by atoms with Crippen LogP contribution in [0.3, 0.4) is 0 Å². The summed E-state index contributed by atoms with van der Waals surface area (Å²) in [6, 6.07) is 0. The normalized spacial score (nSPS) is 25.5. The molecule has 0 aliphatic heterocycles. The molecule has 0 aromatic carbocycles. The van der Waals surface area contributed by atoms with Crippen LogP contribution in [0.1, 0.15) is 197 Å². The molecule has 8 atom stereocenters. The summed E-state index contributed by atoms with van der Waals surface area (Å²) in [4.78, 5) is 35.7. The number of unbranched alkanes of at least 4 members (excludes halogenated alkanes) is 19. The molecule has 1 aliphatic carbocycles. The molecule has 6 unspecified atom stereocenters. The van der Waals surface area contributed by atoms with Crippen LogP contribution in [0.25, 0.3) is 0 Å². The van der Waals surface area contributed by atoms with E-state index in [9.17, 15) is 44.6 Å². The first-order chi connectivity index (χ1) is 29.6. The average Bonchev–Trinajstić information content (AvgIpc) is 3.21. The second-order valence-corrected chi connectivity index (χ2v) is 16.3. The van der Waals surface area contributed by atoms with Gasteiger partial charge in [-0.3, -0.25) is 18.6 Å². The maximum absolute atomic E-state index is 12.8. The molecule has 14 heteroatoms. The van der Waals surface area contributed by atoms with E-state index in [1.165, 1.54) is 44.9 Å². The van der Waals surface area contributed by atoms with Crippen LogP contribution in [0.2, 0.25) is 0 Å². The number of hydrogen-bond donors (Lipinski definition) is 6. The Bertz CT molecular complexity index is 1310. The molecule has 330 valence electrons. The Morgan fingerprint density at radius 2 is 1.09 bits per heavy atom. The fourth-order valence-electron chi connectivity index (χ4n) is 6.42. The van der Waals surface area contributed by atoms with Gasteiger partial charge in [-0.25, -0.2) is 4.57 Å². The molecule has 56 heavy (non-hydrogen) atoms. The molecule has 13 nitrogen and oxygen atoms in total. The first-order valence-electron chi connectivity index (χ1n) is 24.6. The molecule has 0 radical (unpaired) electrons. The van der Waals surface area contributed by atoms with Gasteiger partial charge in [-0.05, 0) is 38.5 Å². The van der Waals surface area contributed by atoms with Crippen LogP contribution in [-0.4, -0.2) is 98.3 Å². The molecular formula is C42H79O13P. The van der Waals surface area contributed by atoms with E-state index in [1.807, 2.05) is 6.08 Å². The number of rotatable bonds is 36. The summed E-state index contributed by atoms with van der Waals surface area (Å²) in [6.07, 6.45) is 6.08. The second-order valence-electron chi connectivity index (χ2n) is 14.9. The minimum absolute atomic E-state index is 0.0113. The third-order valence-corrected chi connectivity index (χ3v) is 10.9. The molecule has 0 heterocycles. The number of hydrogen-bond acceptors (Lipinski definition) is 12. The van der Waals surface area contributed by atoms with Crippen LogP contribution < -0.4 is 0 Å². The number of aliphatic hydroxyl groups is 5. The lowest BCUT2D eigenvalue weighted by molar-refractivity contribution is -0.220. The van der Waals surface area contributed by atoms with Crippen LogP contribution in [0.4, 0.5) is 0 Å². The second kappa shape index (κ2) is 33.4. The molecule has 0 aromatic heterocycles. The number of allylic oxidation sites excluding steroid dienone is 2. The summed E-state index contributed by atoms with van der Waals surface area (Å²) in [7, 11) is -5.16. The fraction of sp³-hybridized carbons (Fsp3) is 0.905. The lowest BCUT2D eigenvalue weighted by Crippen LogP contribution is -2.64. The highest BCUT2D eigenvalue weighted by atomic mass is 31.2. The van der Waals surface area contributed by atoms with Crippen LogP contribution >= 0.6 is 7.82 Å². The minimum atomic E-state index is -5.16. The van der Waals surface area contributed by atoms with E-state index in [0.29, 0.717) is 25.7 Å². The summed E-state index contributed by atoms with van der Waals surface area (Å²) < 4.78 is 86.4. The Kier molecular flexibility index (Phi) is 24.7. The van der Waals surface area contributed by atoms with E-state index in [-0.39, 0.29) is 19.3 Å². The highest BCUT2D eigenvalue weighted by molar-refractivity contribution is 7.47. The van der Waals surface area contributed by atoms with Gasteiger partial charge in [-0.1, -0.05) is 148 Å². The molecule has 1 saturated carbocycles. The van der Waals surface area contributed by atoms with Crippen molar-refractivity contribution in [2.75, 3.05) is 13.2 Å². The highest BCUT2D eigenvalue weighted by Crippen LogP contribution is 2.47. The Labute approximate surface area is 347 Å². The minimum Gasteiger partial charge on any atom is -0.462 e. The van der Waals surface area contributed by atoms with E-state index < -0.39 is 95.3 Å². The van der Waals surface area contributed by atoms with Gasteiger partial charge in [0.15, 0.2) is 6.10 Å². The molecule has 0 amide bonds. The lowest BCUT2D eigenvalue weighted by atomic mass is 9.85. The number of ether oxygens (including phenoxy) is 2. The monoisotopic (exact) mass is 830 g/mol. The van der Waals surface area contributed by atoms with Gasteiger partial charge in [-0.15, -0.1) is 0 Å². The number of phosphoric acid groups is 1. The first kappa shape index (κ1) is 41.3. The lowest BCUT2D eigenvalue weighted by Gasteiger charge is -2.41. The molecule has 0 bridgehead atoms. The van der Waals surface area contributed by atoms with Crippen molar-refractivity contribution in [1.29, 1.82) is 0 Å². The van der Waals surface area contributed by atoms with Gasteiger partial charge in [0.1, 0.15) is 43.2 Å². The highest BCUT2D eigenvalue weighted by Gasteiger charge is 2.51. The number of esters is 2. The molecule has 0 saturated heterocycles. The van der Waals surface area contributed by atoms with E-state index in [4.69, 9.17) is 28.1 Å². The Morgan fingerprint density at radius 3 is 1.61 bits per heavy atom. The molecule has 0 spiro atoms. The van der Waals surface area contributed by atoms with E-state index in [1.54, 1.807) is 0 Å². The summed E-state index contributed by atoms with van der Waals surface area (Å²) in [5.74, 6) is -1.21. The van der Waals surface area contributed by atoms with Crippen molar-refractivity contribution in [3.8, 4) is 0 Å². The summed E-state index contributed by atoms with van der Waals surface area (Å²) >= 11 is 0. The molecule has 1 rings (SSSR count). The first-order valence-corrected chi connectivity index (χ1v) is 22.6. The third kappa shape index (κ3) is 25.8. The van der Waals surface area contributed by atoms with E-state index in [0.717, 1.165) is 70.6 Å². The largest absolute Gasteiger partial charge is 0.472 e. The van der Waals surface area contributed by atoms with E-state index in [2.05, 4.69) is 13.0 Å². The molecule has 1 fully saturated rings. The number of phosphoric ester groups is 1. The quantitative estimate of drug-likeness (QED) is 0.0154. The van der Waals surface area contributed by atoms with Gasteiger partial charge < -0.3 is 39.9 Å². The number of carbonyl (C=O) groups is 2. The van der Waals surface area contributed by atoms with Crippen molar-refractivity contribution in [2.24, 2.45) is 0 Å². The maximum Gasteiger partial charge on any atom is 0.472 e. The molecule has 0 aromatic rings. The summed E-state index contributed by atoms with van der Waals surface area (Å²) in [6.45, 7) is -2.10. The van der Waals surface area contributed by atoms with Crippen molar-refractivity contribution in [2.45, 2.75) is 230 Å². The van der Waals surface area contributed by atoms with Gasteiger partial charge >= 0.3 is 19.8 Å². The van der Waals surface area contributed by atoms with Crippen molar-refractivity contribution in [1.82, 2.24) is 0 Å². The predicted octanol–water partition coefficient (Wildman–Crippen LogP) is 7.89. The zero-order chi connectivity index (χ0) is 47.5. The van der Waals surface area contributed by atoms with Gasteiger partial charge in [0.05, 0.1) is 6.61 Å². The number of carbonyl (C=O) groups excluding carboxylic acids is 2. The third-order valence-electron chi connectivity index (χ3n) is 9.89. The molecule has 1 aliphatic rings. The Hall–Kier alpha value is -1.41. The Morgan fingerprint density at radius 1 is 0.643 bits per heavy atom. The summed E-state index contributed by atoms with van der Waals surface area (Å²) in [5.41, 5.74) is 0. The van der Waals surface area contributed by atoms with Gasteiger partial charge in [0.25, 0.3) is 0 Å². The Balaban J connectivity index is 2.48. The SMILES string of the molecule is [2H]C([2H])([2H])C([2H])([2H])C([2H])([2H])CCCCC/C=C\CCCCCCCC(=O)O[C@H](COC(=O)CCCCCCCCCCCCCC)COP(=O)(O)OC1C(O)C(O)C(O)[C@@H](O)C1O. The van der Waals surface area contributed by atoms with Crippen molar-refractivity contribution in [3.63, 3.8) is 0 Å². The van der Waals surface area contributed by atoms with Crippen LogP contribution in [0.5, 0.6) is 0 Å². The standard InChI is InChI=1S/C42H79O13P/c1-3-5-7-9-11-13-15-17-18-19-21-23-25-27-29-31-36(44)54-34(32-52-35(43)30-28-26-24-22-20-16-14-12-10-8-6-4-2)33-53-56(50,51)55-42-40(48)38(46)37(45)39(47)41(42)49/h17-18,34,37-42,45-49H,3-16,19-33H2,1-2H3,(H,50,51)/b18-17-/t34-,37?,38-,39?,40?,41?,42?/m1/s1/i1D3,3D2,5D2. The van der Waals surface area contributed by atoms with Crippen LogP contribution in [-0.2, 0) is 32.7 Å². The fourth-order valence-corrected chi connectivity index (χ4v) is 7.40. The summed E-state index contributed by atoms with van der Waals surface area (Å²) in [5, 5.41) is 50.1. The molecule has 6 N–H and O–H groups in total. The molecular weight excluding hydrogens is 743 g/mol. The average molecular weight is 830 g/mol. The van der Waals surface area contributed by atoms with Crippen molar-refractivity contribution in [3.05, 3.63) is 12.2 Å². The van der Waals surface area contributed by atoms with Crippen LogP contribution in [0, 0.1) is 0 Å². The van der Waals surface area contributed by atoms with E-state index >= 15 is 0 Å². The zero-order valence-corrected chi connectivity index (χ0v) is 34.7.